The van der Waals surface area contributed by atoms with Crippen LogP contribution in [0.25, 0.3) is 10.4 Å². The molecule has 0 aliphatic carbocycles. The van der Waals surface area contributed by atoms with E-state index in [0.717, 1.165) is 5.56 Å². The van der Waals surface area contributed by atoms with E-state index in [2.05, 4.69) is 10.0 Å². The molecule has 0 fully saturated rings. The van der Waals surface area contributed by atoms with Crippen LogP contribution in [-0.4, -0.2) is 49.2 Å². The van der Waals surface area contributed by atoms with Gasteiger partial charge in [-0.05, 0) is 24.9 Å². The Morgan fingerprint density at radius 1 is 1.21 bits per heavy atom. The summed E-state index contributed by atoms with van der Waals surface area (Å²) in [5.74, 6) is -0.992. The van der Waals surface area contributed by atoms with Crippen LogP contribution in [0.5, 0.6) is 0 Å². The number of esters is 2. The van der Waals surface area contributed by atoms with E-state index < -0.39 is 18.0 Å². The Labute approximate surface area is 141 Å². The molecular weight excluding hydrogens is 312 g/mol. The third-order valence-electron chi connectivity index (χ3n) is 3.18. The number of rotatable bonds is 10. The van der Waals surface area contributed by atoms with Gasteiger partial charge in [-0.3, -0.25) is 14.5 Å². The molecule has 1 unspecified atom stereocenters. The maximum atomic E-state index is 12.2. The predicted molar refractivity (Wildman–Crippen MR) is 87.9 cm³/mol. The van der Waals surface area contributed by atoms with Gasteiger partial charge >= 0.3 is 11.9 Å². The molecule has 0 saturated carbocycles. The second kappa shape index (κ2) is 11.0. The maximum Gasteiger partial charge on any atom is 0.323 e. The molecule has 1 aromatic carbocycles. The van der Waals surface area contributed by atoms with Crippen molar-refractivity contribution in [3.8, 4) is 0 Å². The van der Waals surface area contributed by atoms with Gasteiger partial charge in [0.15, 0.2) is 0 Å². The van der Waals surface area contributed by atoms with E-state index >= 15 is 0 Å². The molecule has 1 atom stereocenters. The summed E-state index contributed by atoms with van der Waals surface area (Å²) in [7, 11) is 0. The van der Waals surface area contributed by atoms with Gasteiger partial charge in [0.05, 0.1) is 26.3 Å². The Morgan fingerprint density at radius 2 is 1.88 bits per heavy atom. The first-order valence-corrected chi connectivity index (χ1v) is 7.73. The van der Waals surface area contributed by atoms with Crippen LogP contribution < -0.4 is 0 Å². The first-order chi connectivity index (χ1) is 11.6. The molecule has 0 aliphatic rings. The number of ether oxygens (including phenoxy) is 2. The minimum Gasteiger partial charge on any atom is -0.465 e. The number of benzene rings is 1. The third kappa shape index (κ3) is 6.68. The van der Waals surface area contributed by atoms with Gasteiger partial charge < -0.3 is 9.47 Å². The number of nitrogens with zero attached hydrogens (tertiary/aromatic N) is 4. The highest BCUT2D eigenvalue weighted by Gasteiger charge is 2.28. The van der Waals surface area contributed by atoms with Gasteiger partial charge in [0.2, 0.25) is 0 Å². The summed E-state index contributed by atoms with van der Waals surface area (Å²) in [6.45, 7) is 3.94. The Kier molecular flexibility index (Phi) is 8.96. The molecule has 130 valence electrons. The third-order valence-corrected chi connectivity index (χ3v) is 3.18. The molecular formula is C16H22N4O4. The minimum absolute atomic E-state index is 0.104. The van der Waals surface area contributed by atoms with Crippen molar-refractivity contribution in [3.63, 3.8) is 0 Å². The van der Waals surface area contributed by atoms with Crippen molar-refractivity contribution in [3.05, 3.63) is 46.3 Å². The van der Waals surface area contributed by atoms with E-state index in [4.69, 9.17) is 15.0 Å². The molecule has 0 radical (unpaired) electrons. The van der Waals surface area contributed by atoms with E-state index in [-0.39, 0.29) is 26.3 Å². The van der Waals surface area contributed by atoms with Gasteiger partial charge in [0.25, 0.3) is 0 Å². The number of carbonyl (C=O) groups is 2. The molecule has 24 heavy (non-hydrogen) atoms. The SMILES string of the molecule is CCOC(=O)CN(Cc1ccccc1)C(CN=[N+]=[N-])C(=O)OCC. The first kappa shape index (κ1) is 19.5. The summed E-state index contributed by atoms with van der Waals surface area (Å²) in [4.78, 5) is 28.4. The summed E-state index contributed by atoms with van der Waals surface area (Å²) in [6, 6.07) is 8.52. The highest BCUT2D eigenvalue weighted by Crippen LogP contribution is 2.11. The van der Waals surface area contributed by atoms with Crippen LogP contribution in [0.2, 0.25) is 0 Å². The van der Waals surface area contributed by atoms with E-state index in [1.165, 1.54) is 0 Å². The molecule has 0 spiro atoms. The number of carbonyl (C=O) groups excluding carboxylic acids is 2. The molecule has 0 saturated heterocycles. The summed E-state index contributed by atoms with van der Waals surface area (Å²) < 4.78 is 10.0. The first-order valence-electron chi connectivity index (χ1n) is 7.73. The summed E-state index contributed by atoms with van der Waals surface area (Å²) in [5.41, 5.74) is 9.47. The molecule has 0 aliphatic heterocycles. The summed E-state index contributed by atoms with van der Waals surface area (Å²) >= 11 is 0. The lowest BCUT2D eigenvalue weighted by Crippen LogP contribution is -2.46. The predicted octanol–water partition coefficient (Wildman–Crippen LogP) is 2.29. The Balaban J connectivity index is 3.01. The van der Waals surface area contributed by atoms with Crippen LogP contribution in [0, 0.1) is 0 Å². The van der Waals surface area contributed by atoms with Crippen LogP contribution in [0.1, 0.15) is 19.4 Å². The minimum atomic E-state index is -0.856. The Morgan fingerprint density at radius 3 is 2.46 bits per heavy atom. The quantitative estimate of drug-likeness (QED) is 0.282. The zero-order valence-electron chi connectivity index (χ0n) is 13.9. The van der Waals surface area contributed by atoms with Gasteiger partial charge in [-0.15, -0.1) is 0 Å². The standard InChI is InChI=1S/C16H22N4O4/c1-3-23-15(21)12-20(11-13-8-6-5-7-9-13)14(10-18-19-17)16(22)24-4-2/h5-9,14H,3-4,10-12H2,1-2H3. The van der Waals surface area contributed by atoms with Crippen molar-refractivity contribution < 1.29 is 19.1 Å². The topological polar surface area (TPSA) is 105 Å². The lowest BCUT2D eigenvalue weighted by atomic mass is 10.1. The molecule has 0 aromatic heterocycles. The van der Waals surface area contributed by atoms with Crippen molar-refractivity contribution in [1.82, 2.24) is 4.90 Å². The van der Waals surface area contributed by atoms with E-state index in [9.17, 15) is 9.59 Å². The van der Waals surface area contributed by atoms with E-state index in [1.54, 1.807) is 18.7 Å². The van der Waals surface area contributed by atoms with Crippen LogP contribution in [0.4, 0.5) is 0 Å². The van der Waals surface area contributed by atoms with Crippen molar-refractivity contribution in [2.24, 2.45) is 5.11 Å². The summed E-state index contributed by atoms with van der Waals surface area (Å²) in [6.07, 6.45) is 0. The highest BCUT2D eigenvalue weighted by atomic mass is 16.5. The van der Waals surface area contributed by atoms with Crippen LogP contribution in [0.15, 0.2) is 35.4 Å². The fourth-order valence-electron chi connectivity index (χ4n) is 2.16. The molecule has 0 heterocycles. The fourth-order valence-corrected chi connectivity index (χ4v) is 2.16. The second-order valence-electron chi connectivity index (χ2n) is 4.88. The molecule has 0 N–H and O–H groups in total. The average molecular weight is 334 g/mol. The van der Waals surface area contributed by atoms with Crippen LogP contribution in [-0.2, 0) is 25.6 Å². The van der Waals surface area contributed by atoms with Gasteiger partial charge in [-0.1, -0.05) is 35.4 Å². The van der Waals surface area contributed by atoms with Crippen molar-refractivity contribution >= 4 is 11.9 Å². The van der Waals surface area contributed by atoms with E-state index in [0.29, 0.717) is 6.54 Å². The number of hydrogen-bond acceptors (Lipinski definition) is 6. The summed E-state index contributed by atoms with van der Waals surface area (Å²) in [5, 5.41) is 3.48. The molecule has 8 heteroatoms. The zero-order chi connectivity index (χ0) is 17.8. The molecule has 1 rings (SSSR count). The molecule has 0 amide bonds. The Bertz CT molecular complexity index is 573. The van der Waals surface area contributed by atoms with Gasteiger partial charge in [0.1, 0.15) is 6.04 Å². The average Bonchev–Trinajstić information content (AvgIpc) is 2.56. The Hall–Kier alpha value is -2.57. The van der Waals surface area contributed by atoms with Crippen LogP contribution >= 0.6 is 0 Å². The van der Waals surface area contributed by atoms with E-state index in [1.807, 2.05) is 30.3 Å². The molecule has 0 bridgehead atoms. The smallest absolute Gasteiger partial charge is 0.323 e. The largest absolute Gasteiger partial charge is 0.465 e. The highest BCUT2D eigenvalue weighted by molar-refractivity contribution is 5.78. The van der Waals surface area contributed by atoms with Gasteiger partial charge in [-0.25, -0.2) is 0 Å². The van der Waals surface area contributed by atoms with Crippen molar-refractivity contribution in [2.45, 2.75) is 26.4 Å². The molecule has 8 nitrogen and oxygen atoms in total. The van der Waals surface area contributed by atoms with Gasteiger partial charge in [-0.2, -0.15) is 0 Å². The van der Waals surface area contributed by atoms with Crippen molar-refractivity contribution in [2.75, 3.05) is 26.3 Å². The van der Waals surface area contributed by atoms with Gasteiger partial charge in [0, 0.05) is 11.5 Å². The lowest BCUT2D eigenvalue weighted by Gasteiger charge is -2.28. The fraction of sp³-hybridized carbons (Fsp3) is 0.500. The van der Waals surface area contributed by atoms with Crippen molar-refractivity contribution in [1.29, 1.82) is 0 Å². The zero-order valence-corrected chi connectivity index (χ0v) is 13.9. The number of azide groups is 1. The second-order valence-corrected chi connectivity index (χ2v) is 4.88. The lowest BCUT2D eigenvalue weighted by molar-refractivity contribution is -0.152. The molecule has 1 aromatic rings. The maximum absolute atomic E-state index is 12.2. The monoisotopic (exact) mass is 334 g/mol. The normalized spacial score (nSPS) is 11.5. The number of hydrogen-bond donors (Lipinski definition) is 0. The van der Waals surface area contributed by atoms with Crippen LogP contribution in [0.3, 0.4) is 0 Å².